The molecule has 7 nitrogen and oxygen atoms in total. The minimum absolute atomic E-state index is 0.193. The molecule has 2 amide bonds. The van der Waals surface area contributed by atoms with E-state index >= 15 is 0 Å². The van der Waals surface area contributed by atoms with E-state index in [1.54, 1.807) is 6.07 Å². The molecule has 6 rings (SSSR count). The lowest BCUT2D eigenvalue weighted by atomic mass is 10.0. The highest BCUT2D eigenvalue weighted by Crippen LogP contribution is 2.41. The minimum atomic E-state index is -0.627. The summed E-state index contributed by atoms with van der Waals surface area (Å²) in [5.74, 6) is -0.891. The van der Waals surface area contributed by atoms with Crippen LogP contribution in [0.1, 0.15) is 53.1 Å². The number of thioether (sulfide) groups is 1. The zero-order valence-electron chi connectivity index (χ0n) is 26.2. The SMILES string of the molecule is COC(=O)c1c(NC(=O)C(Sc2cccc(NC(=O)c3ccccc3C)c2)c2ccccc2)sc2c1CCN(Cc1ccccc1)C2. The molecule has 238 valence electrons. The molecule has 0 radical (unpaired) electrons. The average molecular weight is 662 g/mol. The number of carbonyl (C=O) groups is 3. The van der Waals surface area contributed by atoms with Gasteiger partial charge in [-0.05, 0) is 59.9 Å². The molecule has 4 aromatic carbocycles. The monoisotopic (exact) mass is 661 g/mol. The number of esters is 1. The number of nitrogens with zero attached hydrogens (tertiary/aromatic N) is 1. The molecule has 1 atom stereocenters. The average Bonchev–Trinajstić information content (AvgIpc) is 3.44. The minimum Gasteiger partial charge on any atom is -0.465 e. The van der Waals surface area contributed by atoms with Gasteiger partial charge in [0, 0.05) is 40.7 Å². The fourth-order valence-electron chi connectivity index (χ4n) is 5.73. The number of ether oxygens (including phenoxy) is 1. The number of amides is 2. The standard InChI is InChI=1S/C38H35N3O4S2/c1-25-12-9-10-19-30(25)35(42)39-28-17-11-18-29(22-28)46-34(27-15-7-4-8-16-27)36(43)40-37-33(38(44)45-2)31-20-21-41(24-32(31)47-37)23-26-13-5-3-6-14-26/h3-19,22,34H,20-21,23-24H2,1-2H3,(H,39,42)(H,40,43). The number of anilines is 2. The maximum absolute atomic E-state index is 14.1. The van der Waals surface area contributed by atoms with Gasteiger partial charge in [0.25, 0.3) is 5.91 Å². The summed E-state index contributed by atoms with van der Waals surface area (Å²) in [5.41, 5.74) is 5.57. The molecule has 9 heteroatoms. The van der Waals surface area contributed by atoms with Crippen LogP contribution in [0.5, 0.6) is 0 Å². The van der Waals surface area contributed by atoms with Gasteiger partial charge >= 0.3 is 5.97 Å². The topological polar surface area (TPSA) is 87.7 Å². The van der Waals surface area contributed by atoms with E-state index in [1.165, 1.54) is 35.8 Å². The Bertz CT molecular complexity index is 1890. The Hall–Kier alpha value is -4.70. The molecule has 1 aliphatic heterocycles. The van der Waals surface area contributed by atoms with E-state index in [1.807, 2.05) is 97.9 Å². The molecule has 0 saturated carbocycles. The van der Waals surface area contributed by atoms with E-state index in [9.17, 15) is 14.4 Å². The van der Waals surface area contributed by atoms with Crippen LogP contribution in [-0.2, 0) is 29.0 Å². The van der Waals surface area contributed by atoms with Gasteiger partial charge in [-0.15, -0.1) is 23.1 Å². The van der Waals surface area contributed by atoms with E-state index < -0.39 is 11.2 Å². The number of methoxy groups -OCH3 is 1. The fraction of sp³-hybridized carbons (Fsp3) is 0.184. The van der Waals surface area contributed by atoms with Crippen molar-refractivity contribution in [1.29, 1.82) is 0 Å². The van der Waals surface area contributed by atoms with Crippen molar-refractivity contribution < 1.29 is 19.1 Å². The second-order valence-electron chi connectivity index (χ2n) is 11.3. The number of hydrogen-bond donors (Lipinski definition) is 2. The van der Waals surface area contributed by atoms with Crippen LogP contribution in [-0.4, -0.2) is 36.3 Å². The predicted molar refractivity (Wildman–Crippen MR) is 189 cm³/mol. The van der Waals surface area contributed by atoms with Gasteiger partial charge in [-0.2, -0.15) is 0 Å². The van der Waals surface area contributed by atoms with Crippen LogP contribution in [0, 0.1) is 6.92 Å². The lowest BCUT2D eigenvalue weighted by Crippen LogP contribution is -2.29. The molecule has 2 heterocycles. The molecule has 0 fully saturated rings. The number of benzene rings is 4. The number of nitrogens with one attached hydrogen (secondary N) is 2. The Labute approximate surface area is 283 Å². The smallest absolute Gasteiger partial charge is 0.341 e. The summed E-state index contributed by atoms with van der Waals surface area (Å²) in [6.07, 6.45) is 0.691. The largest absolute Gasteiger partial charge is 0.465 e. The van der Waals surface area contributed by atoms with Crippen molar-refractivity contribution >= 4 is 51.6 Å². The van der Waals surface area contributed by atoms with E-state index in [0.29, 0.717) is 34.8 Å². The normalized spacial score (nSPS) is 13.3. The third-order valence-electron chi connectivity index (χ3n) is 8.09. The van der Waals surface area contributed by atoms with Crippen molar-refractivity contribution in [2.45, 2.75) is 36.6 Å². The van der Waals surface area contributed by atoms with Crippen molar-refractivity contribution in [2.75, 3.05) is 24.3 Å². The first-order chi connectivity index (χ1) is 22.9. The van der Waals surface area contributed by atoms with Crippen LogP contribution >= 0.6 is 23.1 Å². The van der Waals surface area contributed by atoms with Crippen LogP contribution < -0.4 is 10.6 Å². The molecular formula is C38H35N3O4S2. The van der Waals surface area contributed by atoms with Gasteiger partial charge in [-0.3, -0.25) is 14.5 Å². The zero-order valence-corrected chi connectivity index (χ0v) is 27.8. The van der Waals surface area contributed by atoms with Gasteiger partial charge in [0.2, 0.25) is 5.91 Å². The first-order valence-electron chi connectivity index (χ1n) is 15.4. The lowest BCUT2D eigenvalue weighted by Gasteiger charge is -2.27. The van der Waals surface area contributed by atoms with Gasteiger partial charge in [0.1, 0.15) is 10.3 Å². The van der Waals surface area contributed by atoms with E-state index in [2.05, 4.69) is 27.7 Å². The predicted octanol–water partition coefficient (Wildman–Crippen LogP) is 8.13. The van der Waals surface area contributed by atoms with Gasteiger partial charge < -0.3 is 15.4 Å². The van der Waals surface area contributed by atoms with E-state index in [-0.39, 0.29) is 11.8 Å². The summed E-state index contributed by atoms with van der Waals surface area (Å²) in [6.45, 7) is 4.20. The Balaban J connectivity index is 1.24. The number of rotatable bonds is 10. The molecule has 5 aromatic rings. The highest BCUT2D eigenvalue weighted by molar-refractivity contribution is 8.00. The zero-order chi connectivity index (χ0) is 32.8. The first-order valence-corrected chi connectivity index (χ1v) is 17.1. The summed E-state index contributed by atoms with van der Waals surface area (Å²) in [6, 6.07) is 34.8. The summed E-state index contributed by atoms with van der Waals surface area (Å²) < 4.78 is 5.19. The molecule has 0 spiro atoms. The van der Waals surface area contributed by atoms with Gasteiger partial charge in [-0.1, -0.05) is 84.9 Å². The van der Waals surface area contributed by atoms with Crippen LogP contribution in [0.3, 0.4) is 0 Å². The van der Waals surface area contributed by atoms with Crippen LogP contribution in [0.2, 0.25) is 0 Å². The van der Waals surface area contributed by atoms with Crippen LogP contribution in [0.15, 0.2) is 114 Å². The molecule has 1 unspecified atom stereocenters. The fourth-order valence-corrected chi connectivity index (χ4v) is 8.09. The van der Waals surface area contributed by atoms with E-state index in [0.717, 1.165) is 39.6 Å². The summed E-state index contributed by atoms with van der Waals surface area (Å²) in [7, 11) is 1.37. The highest BCUT2D eigenvalue weighted by Gasteiger charge is 2.31. The van der Waals surface area contributed by atoms with Crippen molar-refractivity contribution in [3.8, 4) is 0 Å². The number of fused-ring (bicyclic) bond motifs is 1. The van der Waals surface area contributed by atoms with Crippen molar-refractivity contribution in [2.24, 2.45) is 0 Å². The maximum atomic E-state index is 14.1. The van der Waals surface area contributed by atoms with Gasteiger partial charge in [0.05, 0.1) is 12.7 Å². The second-order valence-corrected chi connectivity index (χ2v) is 13.6. The number of hydrogen-bond acceptors (Lipinski definition) is 7. The summed E-state index contributed by atoms with van der Waals surface area (Å²) >= 11 is 2.83. The van der Waals surface area contributed by atoms with Crippen molar-refractivity contribution in [3.05, 3.63) is 147 Å². The quantitative estimate of drug-likeness (QED) is 0.116. The highest BCUT2D eigenvalue weighted by atomic mass is 32.2. The van der Waals surface area contributed by atoms with Crippen LogP contribution in [0.4, 0.5) is 10.7 Å². The van der Waals surface area contributed by atoms with Crippen molar-refractivity contribution in [3.63, 3.8) is 0 Å². The Morgan fingerprint density at radius 3 is 2.36 bits per heavy atom. The molecule has 2 N–H and O–H groups in total. The number of thiophene rings is 1. The molecule has 0 saturated heterocycles. The first kappa shape index (κ1) is 32.2. The van der Waals surface area contributed by atoms with Crippen molar-refractivity contribution in [1.82, 2.24) is 4.90 Å². The van der Waals surface area contributed by atoms with Gasteiger partial charge in [0.15, 0.2) is 0 Å². The number of carbonyl (C=O) groups excluding carboxylic acids is 3. The molecule has 1 aliphatic rings. The summed E-state index contributed by atoms with van der Waals surface area (Å²) in [4.78, 5) is 44.4. The molecule has 0 aliphatic carbocycles. The second kappa shape index (κ2) is 14.8. The number of aryl methyl sites for hydroxylation is 1. The third-order valence-corrected chi connectivity index (χ3v) is 10.5. The van der Waals surface area contributed by atoms with Crippen LogP contribution in [0.25, 0.3) is 0 Å². The molecular weight excluding hydrogens is 627 g/mol. The molecule has 47 heavy (non-hydrogen) atoms. The maximum Gasteiger partial charge on any atom is 0.341 e. The van der Waals surface area contributed by atoms with Gasteiger partial charge in [-0.25, -0.2) is 4.79 Å². The van der Waals surface area contributed by atoms with E-state index in [4.69, 9.17) is 4.74 Å². The summed E-state index contributed by atoms with van der Waals surface area (Å²) in [5, 5.41) is 5.98. The molecule has 0 bridgehead atoms. The Morgan fingerprint density at radius 2 is 1.62 bits per heavy atom. The Kier molecular flexibility index (Phi) is 10.2. The molecule has 1 aromatic heterocycles. The third kappa shape index (κ3) is 7.65. The lowest BCUT2D eigenvalue weighted by molar-refractivity contribution is -0.115. The Morgan fingerprint density at radius 1 is 0.894 bits per heavy atom.